The average Bonchev–Trinajstić information content (AvgIpc) is 3.52. The molecule has 0 N–H and O–H groups in total. The molecular weight excluding hydrogens is 482 g/mol. The Kier molecular flexibility index (Phi) is 5.49. The number of oxazole rings is 1. The molecule has 2 aromatic carbocycles. The third-order valence-electron chi connectivity index (χ3n) is 6.61. The van der Waals surface area contributed by atoms with Gasteiger partial charge in [0.15, 0.2) is 5.69 Å². The van der Waals surface area contributed by atoms with Crippen molar-refractivity contribution in [2.75, 3.05) is 25.1 Å². The quantitative estimate of drug-likeness (QED) is 0.422. The summed E-state index contributed by atoms with van der Waals surface area (Å²) in [6.07, 6.45) is 3.57. The van der Waals surface area contributed by atoms with Crippen molar-refractivity contribution >= 4 is 29.1 Å². The van der Waals surface area contributed by atoms with Crippen LogP contribution in [0, 0.1) is 0 Å². The number of ether oxygens (including phenoxy) is 1. The summed E-state index contributed by atoms with van der Waals surface area (Å²) in [4.78, 5) is 34.2. The highest BCUT2D eigenvalue weighted by Crippen LogP contribution is 2.36. The van der Waals surface area contributed by atoms with Gasteiger partial charge in [-0.15, -0.1) is 0 Å². The molecular formula is C26H22ClN5O4. The minimum Gasteiger partial charge on any atom is -0.489 e. The van der Waals surface area contributed by atoms with Gasteiger partial charge in [0.2, 0.25) is 5.89 Å². The van der Waals surface area contributed by atoms with Crippen LogP contribution in [0.2, 0.25) is 5.15 Å². The number of likely N-dealkylation sites (N-methyl/N-ethyl adjacent to an activating group) is 1. The summed E-state index contributed by atoms with van der Waals surface area (Å²) in [6, 6.07) is 14.4. The molecule has 2 aliphatic rings. The van der Waals surface area contributed by atoms with Crippen LogP contribution in [0.5, 0.6) is 5.75 Å². The van der Waals surface area contributed by atoms with E-state index in [0.717, 1.165) is 11.1 Å². The van der Waals surface area contributed by atoms with E-state index in [0.29, 0.717) is 47.6 Å². The largest absolute Gasteiger partial charge is 0.489 e. The Morgan fingerprint density at radius 2 is 1.97 bits per heavy atom. The van der Waals surface area contributed by atoms with E-state index in [9.17, 15) is 9.59 Å². The van der Waals surface area contributed by atoms with Crippen LogP contribution in [-0.2, 0) is 17.8 Å². The van der Waals surface area contributed by atoms with Crippen LogP contribution in [0.4, 0.5) is 5.69 Å². The summed E-state index contributed by atoms with van der Waals surface area (Å²) >= 11 is 6.60. The van der Waals surface area contributed by atoms with E-state index in [2.05, 4.69) is 10.1 Å². The van der Waals surface area contributed by atoms with Crippen molar-refractivity contribution < 1.29 is 18.7 Å². The van der Waals surface area contributed by atoms with E-state index >= 15 is 0 Å². The number of nitrogens with zero attached hydrogens (tertiary/aromatic N) is 5. The van der Waals surface area contributed by atoms with Crippen molar-refractivity contribution in [2.45, 2.75) is 19.0 Å². The maximum atomic E-state index is 13.5. The SMILES string of the molecule is CN1C(=O)[C@@H](N2CCc3c(nn(Cc4ccccc4)c3Cl)C2=O)COc2cc(-c3ncco3)ccc21. The molecule has 0 aliphatic carbocycles. The average molecular weight is 504 g/mol. The van der Waals surface area contributed by atoms with Crippen LogP contribution in [-0.4, -0.2) is 57.7 Å². The molecule has 2 aliphatic heterocycles. The predicted molar refractivity (Wildman–Crippen MR) is 132 cm³/mol. The van der Waals surface area contributed by atoms with Crippen LogP contribution in [0.3, 0.4) is 0 Å². The number of hydrogen-bond donors (Lipinski definition) is 0. The Hall–Kier alpha value is -4.11. The highest BCUT2D eigenvalue weighted by atomic mass is 35.5. The molecule has 6 rings (SSSR count). The Morgan fingerprint density at radius 1 is 1.14 bits per heavy atom. The molecule has 4 heterocycles. The first-order valence-corrected chi connectivity index (χ1v) is 11.9. The van der Waals surface area contributed by atoms with Crippen molar-refractivity contribution in [3.05, 3.63) is 83.0 Å². The van der Waals surface area contributed by atoms with E-state index in [1.54, 1.807) is 30.1 Å². The van der Waals surface area contributed by atoms with Crippen LogP contribution in [0.1, 0.15) is 21.6 Å². The molecule has 0 spiro atoms. The summed E-state index contributed by atoms with van der Waals surface area (Å²) in [5.41, 5.74) is 3.36. The molecule has 10 heteroatoms. The van der Waals surface area contributed by atoms with Crippen molar-refractivity contribution in [3.8, 4) is 17.2 Å². The summed E-state index contributed by atoms with van der Waals surface area (Å²) < 4.78 is 13.1. The summed E-state index contributed by atoms with van der Waals surface area (Å²) in [5.74, 6) is 0.415. The van der Waals surface area contributed by atoms with Crippen molar-refractivity contribution in [1.29, 1.82) is 0 Å². The van der Waals surface area contributed by atoms with E-state index in [1.165, 1.54) is 16.1 Å². The smallest absolute Gasteiger partial charge is 0.275 e. The minimum absolute atomic E-state index is 0.0186. The zero-order valence-corrected chi connectivity index (χ0v) is 20.2. The van der Waals surface area contributed by atoms with Gasteiger partial charge in [0, 0.05) is 24.7 Å². The molecule has 1 atom stereocenters. The van der Waals surface area contributed by atoms with Crippen molar-refractivity contribution in [1.82, 2.24) is 19.7 Å². The maximum absolute atomic E-state index is 13.5. The molecule has 0 saturated heterocycles. The van der Waals surface area contributed by atoms with Gasteiger partial charge in [-0.3, -0.25) is 9.59 Å². The van der Waals surface area contributed by atoms with Gasteiger partial charge >= 0.3 is 0 Å². The third-order valence-corrected chi connectivity index (χ3v) is 7.04. The zero-order valence-electron chi connectivity index (χ0n) is 19.4. The molecule has 2 aromatic heterocycles. The Balaban J connectivity index is 1.26. The monoisotopic (exact) mass is 503 g/mol. The van der Waals surface area contributed by atoms with Crippen molar-refractivity contribution in [3.63, 3.8) is 0 Å². The molecule has 4 aromatic rings. The van der Waals surface area contributed by atoms with E-state index in [4.69, 9.17) is 20.8 Å². The Bertz CT molecular complexity index is 1450. The second-order valence-electron chi connectivity index (χ2n) is 8.75. The summed E-state index contributed by atoms with van der Waals surface area (Å²) in [6.45, 7) is 0.815. The number of anilines is 1. The Morgan fingerprint density at radius 3 is 2.75 bits per heavy atom. The highest BCUT2D eigenvalue weighted by Gasteiger charge is 2.41. The van der Waals surface area contributed by atoms with Gasteiger partial charge in [0.1, 0.15) is 29.8 Å². The lowest BCUT2D eigenvalue weighted by Crippen LogP contribution is -2.54. The number of carbonyl (C=O) groups is 2. The van der Waals surface area contributed by atoms with E-state index < -0.39 is 6.04 Å². The van der Waals surface area contributed by atoms with E-state index in [1.807, 2.05) is 36.4 Å². The lowest BCUT2D eigenvalue weighted by atomic mass is 10.0. The standard InChI is InChI=1S/C26H22ClN5O4/c1-30-19-8-7-17(24-28-10-12-35-24)13-21(19)36-15-20(25(30)33)31-11-9-18-22(26(31)34)29-32(23(18)27)14-16-5-3-2-4-6-16/h2-8,10,12-13,20H,9,11,14-15H2,1H3/t20-/m0/s1. The number of carbonyl (C=O) groups excluding carboxylic acids is 2. The molecule has 0 fully saturated rings. The van der Waals surface area contributed by atoms with Gasteiger partial charge < -0.3 is 19.0 Å². The first kappa shape index (κ1) is 22.4. The number of hydrogen-bond acceptors (Lipinski definition) is 6. The van der Waals surface area contributed by atoms with Crippen LogP contribution >= 0.6 is 11.6 Å². The van der Waals surface area contributed by atoms with Crippen molar-refractivity contribution in [2.24, 2.45) is 0 Å². The van der Waals surface area contributed by atoms with Crippen LogP contribution < -0.4 is 9.64 Å². The number of benzene rings is 2. The second kappa shape index (κ2) is 8.83. The fourth-order valence-electron chi connectivity index (χ4n) is 4.71. The summed E-state index contributed by atoms with van der Waals surface area (Å²) in [5, 5.41) is 4.98. The van der Waals surface area contributed by atoms with Gasteiger partial charge in [0.25, 0.3) is 11.8 Å². The number of amides is 2. The normalized spacial score (nSPS) is 17.4. The first-order chi connectivity index (χ1) is 17.5. The fourth-order valence-corrected chi connectivity index (χ4v) is 4.99. The lowest BCUT2D eigenvalue weighted by Gasteiger charge is -2.33. The van der Waals surface area contributed by atoms with Gasteiger partial charge in [0.05, 0.1) is 18.4 Å². The Labute approximate surface area is 211 Å². The van der Waals surface area contributed by atoms with Crippen LogP contribution in [0.15, 0.2) is 65.4 Å². The first-order valence-electron chi connectivity index (χ1n) is 11.6. The molecule has 0 saturated carbocycles. The van der Waals surface area contributed by atoms with Gasteiger partial charge in [-0.1, -0.05) is 41.9 Å². The molecule has 0 radical (unpaired) electrons. The number of rotatable bonds is 4. The maximum Gasteiger partial charge on any atom is 0.275 e. The second-order valence-corrected chi connectivity index (χ2v) is 9.11. The highest BCUT2D eigenvalue weighted by molar-refractivity contribution is 6.31. The topological polar surface area (TPSA) is 93.7 Å². The van der Waals surface area contributed by atoms with Gasteiger partial charge in [-0.25, -0.2) is 9.67 Å². The molecule has 182 valence electrons. The lowest BCUT2D eigenvalue weighted by molar-refractivity contribution is -0.123. The van der Waals surface area contributed by atoms with Crippen LogP contribution in [0.25, 0.3) is 11.5 Å². The molecule has 9 nitrogen and oxygen atoms in total. The number of fused-ring (bicyclic) bond motifs is 2. The number of halogens is 1. The van der Waals surface area contributed by atoms with Gasteiger partial charge in [-0.2, -0.15) is 5.10 Å². The minimum atomic E-state index is -0.800. The summed E-state index contributed by atoms with van der Waals surface area (Å²) in [7, 11) is 1.68. The molecule has 0 unspecified atom stereocenters. The third kappa shape index (κ3) is 3.72. The van der Waals surface area contributed by atoms with E-state index in [-0.39, 0.29) is 24.1 Å². The predicted octanol–water partition coefficient (Wildman–Crippen LogP) is 3.66. The molecule has 36 heavy (non-hydrogen) atoms. The number of aromatic nitrogens is 3. The zero-order chi connectivity index (χ0) is 24.8. The molecule has 0 bridgehead atoms. The molecule has 2 amide bonds. The van der Waals surface area contributed by atoms with Gasteiger partial charge in [-0.05, 0) is 30.2 Å². The fraction of sp³-hybridized carbons (Fsp3) is 0.231.